The second kappa shape index (κ2) is 4.98. The van der Waals surface area contributed by atoms with Gasteiger partial charge in [-0.25, -0.2) is 0 Å². The zero-order chi connectivity index (χ0) is 13.3. The molecule has 0 aromatic heterocycles. The molecule has 0 saturated heterocycles. The van der Waals surface area contributed by atoms with Crippen molar-refractivity contribution in [3.05, 3.63) is 23.8 Å². The summed E-state index contributed by atoms with van der Waals surface area (Å²) in [5.41, 5.74) is 1.55. The van der Waals surface area contributed by atoms with E-state index < -0.39 is 6.10 Å². The lowest BCUT2D eigenvalue weighted by atomic mass is 10.1. The highest BCUT2D eigenvalue weighted by molar-refractivity contribution is 5.93. The van der Waals surface area contributed by atoms with E-state index in [0.717, 1.165) is 17.7 Å². The highest BCUT2D eigenvalue weighted by Gasteiger charge is 2.27. The lowest BCUT2D eigenvalue weighted by Gasteiger charge is -2.34. The first-order valence-electron chi connectivity index (χ1n) is 6.29. The number of ether oxygens (including phenoxy) is 1. The molecular formula is C14H19NO3. The van der Waals surface area contributed by atoms with E-state index in [1.807, 2.05) is 25.1 Å². The Bertz CT molecular complexity index is 456. The van der Waals surface area contributed by atoms with E-state index in [9.17, 15) is 9.90 Å². The van der Waals surface area contributed by atoms with Crippen LogP contribution in [0.15, 0.2) is 18.2 Å². The molecular weight excluding hydrogens is 230 g/mol. The number of hydrogen-bond acceptors (Lipinski definition) is 3. The van der Waals surface area contributed by atoms with Crippen LogP contribution < -0.4 is 9.64 Å². The molecule has 0 saturated carbocycles. The van der Waals surface area contributed by atoms with Crippen molar-refractivity contribution in [1.82, 2.24) is 0 Å². The predicted molar refractivity (Wildman–Crippen MR) is 69.8 cm³/mol. The highest BCUT2D eigenvalue weighted by Crippen LogP contribution is 2.36. The average molecular weight is 249 g/mol. The molecule has 18 heavy (non-hydrogen) atoms. The summed E-state index contributed by atoms with van der Waals surface area (Å²) in [4.78, 5) is 13.4. The number of nitrogens with zero attached hydrogens (tertiary/aromatic N) is 1. The molecule has 1 aromatic carbocycles. The summed E-state index contributed by atoms with van der Waals surface area (Å²) >= 11 is 0. The van der Waals surface area contributed by atoms with Crippen LogP contribution in [0, 0.1) is 0 Å². The van der Waals surface area contributed by atoms with Gasteiger partial charge in [-0.3, -0.25) is 4.79 Å². The number of anilines is 1. The van der Waals surface area contributed by atoms with E-state index >= 15 is 0 Å². The maximum Gasteiger partial charge on any atom is 0.224 e. The summed E-state index contributed by atoms with van der Waals surface area (Å²) in [5.74, 6) is 0.716. The Labute approximate surface area is 107 Å². The van der Waals surface area contributed by atoms with Crippen molar-refractivity contribution in [2.45, 2.75) is 39.4 Å². The van der Waals surface area contributed by atoms with Crippen LogP contribution >= 0.6 is 0 Å². The molecule has 0 bridgehead atoms. The molecule has 1 aliphatic heterocycles. The molecule has 2 unspecified atom stereocenters. The second-order valence-corrected chi connectivity index (χ2v) is 4.68. The zero-order valence-electron chi connectivity index (χ0n) is 11.0. The number of hydrogen-bond donors (Lipinski definition) is 1. The highest BCUT2D eigenvalue weighted by atomic mass is 16.5. The fourth-order valence-electron chi connectivity index (χ4n) is 2.13. The lowest BCUT2D eigenvalue weighted by molar-refractivity contribution is -0.117. The van der Waals surface area contributed by atoms with Crippen LogP contribution in [0.3, 0.4) is 0 Å². The molecule has 0 spiro atoms. The van der Waals surface area contributed by atoms with Gasteiger partial charge in [0.05, 0.1) is 18.3 Å². The van der Waals surface area contributed by atoms with Crippen molar-refractivity contribution in [3.63, 3.8) is 0 Å². The maximum atomic E-state index is 11.7. The Morgan fingerprint density at radius 1 is 1.61 bits per heavy atom. The minimum absolute atomic E-state index is 0.000688. The van der Waals surface area contributed by atoms with Crippen LogP contribution in [0.2, 0.25) is 0 Å². The Morgan fingerprint density at radius 2 is 2.33 bits per heavy atom. The van der Waals surface area contributed by atoms with Gasteiger partial charge in [-0.2, -0.15) is 0 Å². The van der Waals surface area contributed by atoms with Crippen molar-refractivity contribution in [2.24, 2.45) is 0 Å². The molecule has 2 rings (SSSR count). The Balaban J connectivity index is 2.43. The van der Waals surface area contributed by atoms with Crippen molar-refractivity contribution >= 4 is 11.6 Å². The van der Waals surface area contributed by atoms with Gasteiger partial charge in [-0.15, -0.1) is 0 Å². The van der Waals surface area contributed by atoms with E-state index in [1.165, 1.54) is 0 Å². The largest absolute Gasteiger partial charge is 0.486 e. The fraction of sp³-hybridized carbons (Fsp3) is 0.500. The third-order valence-corrected chi connectivity index (χ3v) is 3.27. The van der Waals surface area contributed by atoms with E-state index in [1.54, 1.807) is 18.7 Å². The standard InChI is InChI=1S/C14H19NO3/c1-4-12-8-15(10(3)17)13-7-11(9(2)16)5-6-14(13)18-12/h5-7,9,12,16H,4,8H2,1-3H3. The van der Waals surface area contributed by atoms with Crippen molar-refractivity contribution in [3.8, 4) is 5.75 Å². The zero-order valence-corrected chi connectivity index (χ0v) is 11.0. The third kappa shape index (κ3) is 2.34. The third-order valence-electron chi connectivity index (χ3n) is 3.27. The van der Waals surface area contributed by atoms with Crippen LogP contribution in [-0.4, -0.2) is 23.7 Å². The van der Waals surface area contributed by atoms with Gasteiger partial charge in [0, 0.05) is 6.92 Å². The SMILES string of the molecule is CCC1CN(C(C)=O)c2cc(C(C)O)ccc2O1. The summed E-state index contributed by atoms with van der Waals surface area (Å²) < 4.78 is 5.82. The smallest absolute Gasteiger partial charge is 0.224 e. The first-order chi connectivity index (χ1) is 8.52. The van der Waals surface area contributed by atoms with Crippen LogP contribution in [0.1, 0.15) is 38.9 Å². The monoisotopic (exact) mass is 249 g/mol. The molecule has 1 N–H and O–H groups in total. The Morgan fingerprint density at radius 3 is 2.89 bits per heavy atom. The van der Waals surface area contributed by atoms with Crippen molar-refractivity contribution in [2.75, 3.05) is 11.4 Å². The van der Waals surface area contributed by atoms with Gasteiger partial charge in [0.15, 0.2) is 0 Å². The maximum absolute atomic E-state index is 11.7. The quantitative estimate of drug-likeness (QED) is 0.874. The number of carbonyl (C=O) groups excluding carboxylic acids is 1. The number of rotatable bonds is 2. The van der Waals surface area contributed by atoms with Gasteiger partial charge in [0.25, 0.3) is 0 Å². The van der Waals surface area contributed by atoms with Crippen LogP contribution in [0.4, 0.5) is 5.69 Å². The summed E-state index contributed by atoms with van der Waals surface area (Å²) in [6.07, 6.45) is 0.355. The molecule has 1 aromatic rings. The normalized spacial score (nSPS) is 20.0. The van der Waals surface area contributed by atoms with E-state index in [0.29, 0.717) is 12.3 Å². The summed E-state index contributed by atoms with van der Waals surface area (Å²) in [5, 5.41) is 9.60. The second-order valence-electron chi connectivity index (χ2n) is 4.68. The van der Waals surface area contributed by atoms with Gasteiger partial charge in [0.1, 0.15) is 11.9 Å². The minimum Gasteiger partial charge on any atom is -0.486 e. The number of aliphatic hydroxyl groups excluding tert-OH is 1. The summed E-state index contributed by atoms with van der Waals surface area (Å²) in [6, 6.07) is 5.49. The van der Waals surface area contributed by atoms with Crippen LogP contribution in [0.5, 0.6) is 5.75 Å². The molecule has 2 atom stereocenters. The van der Waals surface area contributed by atoms with Gasteiger partial charge in [-0.05, 0) is 31.0 Å². The molecule has 98 valence electrons. The molecule has 1 heterocycles. The molecule has 4 heteroatoms. The lowest BCUT2D eigenvalue weighted by Crippen LogP contribution is -2.42. The topological polar surface area (TPSA) is 49.8 Å². The van der Waals surface area contributed by atoms with Gasteiger partial charge < -0.3 is 14.7 Å². The van der Waals surface area contributed by atoms with Gasteiger partial charge in [0.2, 0.25) is 5.91 Å². The molecule has 4 nitrogen and oxygen atoms in total. The number of fused-ring (bicyclic) bond motifs is 1. The summed E-state index contributed by atoms with van der Waals surface area (Å²) in [7, 11) is 0. The van der Waals surface area contributed by atoms with Crippen molar-refractivity contribution < 1.29 is 14.6 Å². The first kappa shape index (κ1) is 12.9. The summed E-state index contributed by atoms with van der Waals surface area (Å²) in [6.45, 7) is 5.87. The molecule has 0 aliphatic carbocycles. The van der Waals surface area contributed by atoms with Gasteiger partial charge in [-0.1, -0.05) is 13.0 Å². The number of amides is 1. The van der Waals surface area contributed by atoms with Crippen LogP contribution in [0.25, 0.3) is 0 Å². The first-order valence-corrected chi connectivity index (χ1v) is 6.29. The Hall–Kier alpha value is -1.55. The average Bonchev–Trinajstić information content (AvgIpc) is 2.36. The predicted octanol–water partition coefficient (Wildman–Crippen LogP) is 2.26. The van der Waals surface area contributed by atoms with Crippen molar-refractivity contribution in [1.29, 1.82) is 0 Å². The van der Waals surface area contributed by atoms with E-state index in [2.05, 4.69) is 0 Å². The molecule has 0 fully saturated rings. The number of benzene rings is 1. The molecule has 1 aliphatic rings. The fourth-order valence-corrected chi connectivity index (χ4v) is 2.13. The van der Waals surface area contributed by atoms with Crippen LogP contribution in [-0.2, 0) is 4.79 Å². The van der Waals surface area contributed by atoms with E-state index in [4.69, 9.17) is 4.74 Å². The molecule has 1 amide bonds. The van der Waals surface area contributed by atoms with Gasteiger partial charge >= 0.3 is 0 Å². The molecule has 0 radical (unpaired) electrons. The van der Waals surface area contributed by atoms with E-state index in [-0.39, 0.29) is 12.0 Å². The minimum atomic E-state index is -0.548. The Kier molecular flexibility index (Phi) is 3.57. The number of carbonyl (C=O) groups is 1. The number of aliphatic hydroxyl groups is 1.